The fraction of sp³-hybridized carbons (Fsp3) is 0.368. The molecule has 3 heterocycles. The molecule has 0 atom stereocenters. The fourth-order valence-corrected chi connectivity index (χ4v) is 3.49. The van der Waals surface area contributed by atoms with E-state index < -0.39 is 17.3 Å². The van der Waals surface area contributed by atoms with Gasteiger partial charge in [-0.05, 0) is 38.1 Å². The summed E-state index contributed by atoms with van der Waals surface area (Å²) >= 11 is 0. The number of aromatic nitrogens is 3. The van der Waals surface area contributed by atoms with Crippen LogP contribution in [-0.4, -0.2) is 45.9 Å². The molecule has 0 unspecified atom stereocenters. The maximum atomic E-state index is 13.3. The van der Waals surface area contributed by atoms with Crippen LogP contribution in [0.4, 0.5) is 13.2 Å². The number of H-pyrrole nitrogens is 1. The summed E-state index contributed by atoms with van der Waals surface area (Å²) in [6.07, 6.45) is 1.29. The maximum Gasteiger partial charge on any atom is 0.423 e. The molecule has 0 bridgehead atoms. The van der Waals surface area contributed by atoms with Gasteiger partial charge >= 0.3 is 6.18 Å². The third-order valence-electron chi connectivity index (χ3n) is 4.98. The SMILES string of the molecule is CN1CCC(Oc2ccc3cn(-c4cn[nH]c(=O)c4C(F)(F)F)cc3c2)CC1. The highest BCUT2D eigenvalue weighted by atomic mass is 19.4. The van der Waals surface area contributed by atoms with E-state index in [-0.39, 0.29) is 11.8 Å². The van der Waals surface area contributed by atoms with Crippen molar-refractivity contribution in [1.82, 2.24) is 19.7 Å². The minimum absolute atomic E-state index is 0.129. The van der Waals surface area contributed by atoms with Gasteiger partial charge in [0.1, 0.15) is 17.4 Å². The number of halogens is 3. The van der Waals surface area contributed by atoms with Crippen molar-refractivity contribution in [2.45, 2.75) is 25.1 Å². The third kappa shape index (κ3) is 3.62. The van der Waals surface area contributed by atoms with Crippen LogP contribution in [0.1, 0.15) is 18.4 Å². The molecule has 0 spiro atoms. The number of hydrogen-bond donors (Lipinski definition) is 1. The number of aromatic amines is 1. The number of alkyl halides is 3. The van der Waals surface area contributed by atoms with E-state index in [1.54, 1.807) is 24.5 Å². The second-order valence-corrected chi connectivity index (χ2v) is 7.03. The van der Waals surface area contributed by atoms with Crippen LogP contribution in [0.5, 0.6) is 5.75 Å². The zero-order valence-corrected chi connectivity index (χ0v) is 15.2. The lowest BCUT2D eigenvalue weighted by Gasteiger charge is -2.29. The topological polar surface area (TPSA) is 63.1 Å². The Kier molecular flexibility index (Phi) is 4.62. The van der Waals surface area contributed by atoms with Gasteiger partial charge in [0, 0.05) is 36.3 Å². The number of benzene rings is 1. The van der Waals surface area contributed by atoms with E-state index in [1.807, 2.05) is 11.2 Å². The Morgan fingerprint density at radius 3 is 2.61 bits per heavy atom. The smallest absolute Gasteiger partial charge is 0.423 e. The predicted octanol–water partition coefficient (Wildman–Crippen LogP) is 3.21. The maximum absolute atomic E-state index is 13.3. The molecule has 9 heteroatoms. The highest BCUT2D eigenvalue weighted by Gasteiger charge is 2.37. The molecule has 148 valence electrons. The van der Waals surface area contributed by atoms with E-state index >= 15 is 0 Å². The monoisotopic (exact) mass is 392 g/mol. The lowest BCUT2D eigenvalue weighted by atomic mass is 10.1. The standard InChI is InChI=1S/C19H19F3N4O2/c1-25-6-4-14(5-7-25)28-15-3-2-12-10-26(11-13(12)8-15)16-9-23-24-18(27)17(16)19(20,21)22/h2-3,8-11,14H,4-7H2,1H3,(H,24,27). The molecule has 4 rings (SSSR count). The van der Waals surface area contributed by atoms with E-state index in [2.05, 4.69) is 17.0 Å². The Morgan fingerprint density at radius 2 is 1.89 bits per heavy atom. The molecule has 1 N–H and O–H groups in total. The minimum Gasteiger partial charge on any atom is -0.490 e. The predicted molar refractivity (Wildman–Crippen MR) is 97.8 cm³/mol. The van der Waals surface area contributed by atoms with Crippen molar-refractivity contribution in [3.63, 3.8) is 0 Å². The van der Waals surface area contributed by atoms with Crippen molar-refractivity contribution in [1.29, 1.82) is 0 Å². The number of likely N-dealkylation sites (tertiary alicyclic amines) is 1. The number of hydrogen-bond acceptors (Lipinski definition) is 4. The second-order valence-electron chi connectivity index (χ2n) is 7.03. The molecule has 1 aliphatic rings. The first kappa shape index (κ1) is 18.5. The molecule has 1 fully saturated rings. The normalized spacial score (nSPS) is 16.6. The van der Waals surface area contributed by atoms with E-state index in [0.29, 0.717) is 5.75 Å². The lowest BCUT2D eigenvalue weighted by molar-refractivity contribution is -0.138. The summed E-state index contributed by atoms with van der Waals surface area (Å²) in [6, 6.07) is 5.41. The molecule has 0 amide bonds. The van der Waals surface area contributed by atoms with Crippen LogP contribution in [0.3, 0.4) is 0 Å². The first-order chi connectivity index (χ1) is 13.3. The first-order valence-corrected chi connectivity index (χ1v) is 8.93. The Bertz CT molecular complexity index is 1050. The summed E-state index contributed by atoms with van der Waals surface area (Å²) in [5, 5.41) is 6.83. The largest absolute Gasteiger partial charge is 0.490 e. The van der Waals surface area contributed by atoms with Crippen molar-refractivity contribution in [2.75, 3.05) is 20.1 Å². The van der Waals surface area contributed by atoms with Crippen LogP contribution in [0, 0.1) is 0 Å². The van der Waals surface area contributed by atoms with Crippen molar-refractivity contribution in [3.8, 4) is 11.4 Å². The molecule has 1 aromatic carbocycles. The molecule has 3 aromatic rings. The van der Waals surface area contributed by atoms with Gasteiger partial charge in [0.25, 0.3) is 5.56 Å². The fourth-order valence-electron chi connectivity index (χ4n) is 3.49. The molecule has 1 saturated heterocycles. The van der Waals surface area contributed by atoms with Crippen molar-refractivity contribution < 1.29 is 17.9 Å². The molecule has 28 heavy (non-hydrogen) atoms. The molecular formula is C19H19F3N4O2. The minimum atomic E-state index is -4.79. The van der Waals surface area contributed by atoms with Crippen LogP contribution < -0.4 is 10.3 Å². The van der Waals surface area contributed by atoms with Gasteiger partial charge < -0.3 is 14.2 Å². The van der Waals surface area contributed by atoms with Crippen LogP contribution in [0.25, 0.3) is 16.5 Å². The van der Waals surface area contributed by atoms with E-state index in [9.17, 15) is 18.0 Å². The number of nitrogens with zero attached hydrogens (tertiary/aromatic N) is 3. The Morgan fingerprint density at radius 1 is 1.18 bits per heavy atom. The summed E-state index contributed by atoms with van der Waals surface area (Å²) < 4.78 is 47.3. The summed E-state index contributed by atoms with van der Waals surface area (Å²) in [5.41, 5.74) is -2.86. The molecule has 6 nitrogen and oxygen atoms in total. The molecule has 1 aliphatic heterocycles. The van der Waals surface area contributed by atoms with Gasteiger partial charge in [-0.15, -0.1) is 0 Å². The Hall–Kier alpha value is -2.81. The van der Waals surface area contributed by atoms with E-state index in [4.69, 9.17) is 4.74 Å². The average Bonchev–Trinajstić information content (AvgIpc) is 3.05. The summed E-state index contributed by atoms with van der Waals surface area (Å²) in [5.74, 6) is 0.680. The van der Waals surface area contributed by atoms with Gasteiger partial charge in [0.05, 0.1) is 11.9 Å². The van der Waals surface area contributed by atoms with Gasteiger partial charge in [-0.3, -0.25) is 4.79 Å². The number of fused-ring (bicyclic) bond motifs is 1. The number of piperidine rings is 1. The third-order valence-corrected chi connectivity index (χ3v) is 4.98. The van der Waals surface area contributed by atoms with Crippen molar-refractivity contribution >= 4 is 10.8 Å². The molecule has 0 saturated carbocycles. The van der Waals surface area contributed by atoms with Crippen LogP contribution >= 0.6 is 0 Å². The number of nitrogens with one attached hydrogen (secondary N) is 1. The van der Waals surface area contributed by atoms with Gasteiger partial charge in [-0.25, -0.2) is 5.10 Å². The average molecular weight is 392 g/mol. The van der Waals surface area contributed by atoms with E-state index in [0.717, 1.165) is 42.9 Å². The van der Waals surface area contributed by atoms with Crippen LogP contribution in [-0.2, 0) is 6.18 Å². The zero-order chi connectivity index (χ0) is 19.9. The summed E-state index contributed by atoms with van der Waals surface area (Å²) in [7, 11) is 2.07. The zero-order valence-electron chi connectivity index (χ0n) is 15.2. The molecule has 0 radical (unpaired) electrons. The quantitative estimate of drug-likeness (QED) is 0.744. The number of rotatable bonds is 3. The molecule has 0 aliphatic carbocycles. The highest BCUT2D eigenvalue weighted by molar-refractivity contribution is 5.84. The van der Waals surface area contributed by atoms with Crippen LogP contribution in [0.15, 0.2) is 41.6 Å². The number of ether oxygens (including phenoxy) is 1. The van der Waals surface area contributed by atoms with Gasteiger partial charge in [-0.2, -0.15) is 18.3 Å². The first-order valence-electron chi connectivity index (χ1n) is 8.93. The molecular weight excluding hydrogens is 373 g/mol. The summed E-state index contributed by atoms with van der Waals surface area (Å²) in [6.45, 7) is 1.94. The highest BCUT2D eigenvalue weighted by Crippen LogP contribution is 2.32. The van der Waals surface area contributed by atoms with Gasteiger partial charge in [0.2, 0.25) is 0 Å². The summed E-state index contributed by atoms with van der Waals surface area (Å²) in [4.78, 5) is 13.9. The van der Waals surface area contributed by atoms with Gasteiger partial charge in [0.15, 0.2) is 0 Å². The van der Waals surface area contributed by atoms with Crippen LogP contribution in [0.2, 0.25) is 0 Å². The van der Waals surface area contributed by atoms with Gasteiger partial charge in [-0.1, -0.05) is 0 Å². The molecule has 2 aromatic heterocycles. The van der Waals surface area contributed by atoms with Crippen molar-refractivity contribution in [2.24, 2.45) is 0 Å². The Balaban J connectivity index is 1.66. The van der Waals surface area contributed by atoms with E-state index in [1.165, 1.54) is 4.57 Å². The second kappa shape index (κ2) is 6.97. The van der Waals surface area contributed by atoms with Crippen molar-refractivity contribution in [3.05, 3.63) is 52.7 Å². The Labute approximate surface area is 158 Å². The lowest BCUT2D eigenvalue weighted by Crippen LogP contribution is -2.35.